The predicted molar refractivity (Wildman–Crippen MR) is 121 cm³/mol. The molecule has 0 amide bonds. The van der Waals surface area contributed by atoms with Crippen LogP contribution in [0, 0.1) is 0 Å². The molecule has 2 saturated heterocycles. The third kappa shape index (κ3) is 4.75. The Bertz CT molecular complexity index is 828. The van der Waals surface area contributed by atoms with E-state index in [1.165, 1.54) is 27.7 Å². The zero-order chi connectivity index (χ0) is 20.2. The van der Waals surface area contributed by atoms with Crippen molar-refractivity contribution in [2.24, 2.45) is 0 Å². The summed E-state index contributed by atoms with van der Waals surface area (Å²) in [5.41, 5.74) is 2.49. The van der Waals surface area contributed by atoms with Crippen LogP contribution in [0.25, 0.3) is 0 Å². The van der Waals surface area contributed by atoms with Crippen molar-refractivity contribution in [3.05, 3.63) is 52.6 Å². The van der Waals surface area contributed by atoms with Gasteiger partial charge in [0, 0.05) is 49.0 Å². The number of hydrogen-bond acceptors (Lipinski definition) is 6. The molecule has 0 aliphatic carbocycles. The lowest BCUT2D eigenvalue weighted by atomic mass is 10.2. The normalized spacial score (nSPS) is 20.5. The number of anilines is 1. The lowest BCUT2D eigenvalue weighted by Gasteiger charge is -2.36. The van der Waals surface area contributed by atoms with Gasteiger partial charge in [0.2, 0.25) is 0 Å². The highest BCUT2D eigenvalue weighted by molar-refractivity contribution is 7.11. The van der Waals surface area contributed by atoms with Gasteiger partial charge in [-0.2, -0.15) is 0 Å². The molecule has 4 rings (SSSR count). The van der Waals surface area contributed by atoms with E-state index in [-0.39, 0.29) is 0 Å². The van der Waals surface area contributed by atoms with Crippen molar-refractivity contribution < 1.29 is 4.74 Å². The van der Waals surface area contributed by atoms with E-state index in [0.29, 0.717) is 12.6 Å². The van der Waals surface area contributed by atoms with E-state index in [1.54, 1.807) is 0 Å². The van der Waals surface area contributed by atoms with E-state index in [9.17, 15) is 0 Å². The van der Waals surface area contributed by atoms with Crippen molar-refractivity contribution in [1.82, 2.24) is 14.8 Å². The highest BCUT2D eigenvalue weighted by Crippen LogP contribution is 2.30. The molecule has 0 spiro atoms. The van der Waals surface area contributed by atoms with Crippen LogP contribution in [-0.4, -0.2) is 53.6 Å². The van der Waals surface area contributed by atoms with Gasteiger partial charge in [-0.05, 0) is 38.8 Å². The topological polar surface area (TPSA) is 31.8 Å². The maximum Gasteiger partial charge on any atom is 0.142 e. The monoisotopic (exact) mass is 412 g/mol. The lowest BCUT2D eigenvalue weighted by molar-refractivity contribution is 0.248. The van der Waals surface area contributed by atoms with Gasteiger partial charge in [-0.1, -0.05) is 18.7 Å². The largest absolute Gasteiger partial charge is 0.492 e. The van der Waals surface area contributed by atoms with Crippen molar-refractivity contribution >= 4 is 17.0 Å². The molecule has 5 nitrogen and oxygen atoms in total. The first-order valence-electron chi connectivity index (χ1n) is 10.7. The Morgan fingerprint density at radius 1 is 1.17 bits per heavy atom. The molecular weight excluding hydrogens is 380 g/mol. The number of aromatic nitrogens is 1. The molecule has 1 aromatic carbocycles. The number of para-hydroxylation sites is 2. The second-order valence-corrected chi connectivity index (χ2v) is 9.17. The summed E-state index contributed by atoms with van der Waals surface area (Å²) < 4.78 is 5.81. The highest BCUT2D eigenvalue weighted by Gasteiger charge is 2.24. The second kappa shape index (κ2) is 9.18. The number of piperazine rings is 1. The lowest BCUT2D eigenvalue weighted by Crippen LogP contribution is -2.46. The smallest absolute Gasteiger partial charge is 0.142 e. The molecule has 6 heteroatoms. The fourth-order valence-corrected chi connectivity index (χ4v) is 5.21. The van der Waals surface area contributed by atoms with E-state index in [2.05, 4.69) is 52.6 Å². The van der Waals surface area contributed by atoms with Gasteiger partial charge in [0.1, 0.15) is 10.8 Å². The zero-order valence-electron chi connectivity index (χ0n) is 17.6. The first-order valence-corrected chi connectivity index (χ1v) is 11.5. The average Bonchev–Trinajstić information content (AvgIpc) is 3.31. The summed E-state index contributed by atoms with van der Waals surface area (Å²) in [6, 6.07) is 8.97. The standard InChI is InChI=1S/C23H32N4OS/c1-4-28-22-8-6-5-7-21(22)26-13-11-25(12-14-26)17-23-24-15-20(29-23)16-27-18(2)9-10-19(27)3/h5-8,15,19H,2,4,9-14,16-17H2,1,3H3. The van der Waals surface area contributed by atoms with Gasteiger partial charge in [-0.25, -0.2) is 4.98 Å². The van der Waals surface area contributed by atoms with Crippen LogP contribution in [0.4, 0.5) is 5.69 Å². The molecule has 2 aliphatic rings. The first-order chi connectivity index (χ1) is 14.1. The van der Waals surface area contributed by atoms with Crippen LogP contribution in [-0.2, 0) is 13.1 Å². The van der Waals surface area contributed by atoms with Crippen LogP contribution in [0.15, 0.2) is 42.7 Å². The maximum atomic E-state index is 5.81. The molecule has 0 radical (unpaired) electrons. The fraction of sp³-hybridized carbons (Fsp3) is 0.522. The Hall–Kier alpha value is -2.05. The molecular formula is C23H32N4OS. The quantitative estimate of drug-likeness (QED) is 0.674. The van der Waals surface area contributed by atoms with Crippen LogP contribution in [0.3, 0.4) is 0 Å². The Balaban J connectivity index is 1.30. The molecule has 156 valence electrons. The van der Waals surface area contributed by atoms with Crippen LogP contribution < -0.4 is 9.64 Å². The summed E-state index contributed by atoms with van der Waals surface area (Å²) in [5.74, 6) is 0.991. The van der Waals surface area contributed by atoms with Crippen LogP contribution in [0.1, 0.15) is 36.6 Å². The Morgan fingerprint density at radius 3 is 2.69 bits per heavy atom. The summed E-state index contributed by atoms with van der Waals surface area (Å²) in [5, 5.41) is 1.22. The molecule has 1 aromatic heterocycles. The van der Waals surface area contributed by atoms with Crippen LogP contribution >= 0.6 is 11.3 Å². The molecule has 0 bridgehead atoms. The van der Waals surface area contributed by atoms with Crippen LogP contribution in [0.2, 0.25) is 0 Å². The molecule has 0 saturated carbocycles. The molecule has 0 N–H and O–H groups in total. The van der Waals surface area contributed by atoms with Crippen molar-refractivity contribution in [3.8, 4) is 5.75 Å². The molecule has 2 aromatic rings. The highest BCUT2D eigenvalue weighted by atomic mass is 32.1. The number of ether oxygens (including phenoxy) is 1. The Kier molecular flexibility index (Phi) is 6.40. The summed E-state index contributed by atoms with van der Waals surface area (Å²) in [4.78, 5) is 13.4. The molecule has 1 unspecified atom stereocenters. The van der Waals surface area contributed by atoms with Gasteiger partial charge < -0.3 is 14.5 Å². The molecule has 2 fully saturated rings. The van der Waals surface area contributed by atoms with Gasteiger partial charge >= 0.3 is 0 Å². The zero-order valence-corrected chi connectivity index (χ0v) is 18.5. The van der Waals surface area contributed by atoms with E-state index in [0.717, 1.165) is 51.4 Å². The minimum absolute atomic E-state index is 0.598. The number of rotatable bonds is 7. The fourth-order valence-electron chi connectivity index (χ4n) is 4.25. The molecule has 2 aliphatic heterocycles. The van der Waals surface area contributed by atoms with Gasteiger partial charge in [-0.15, -0.1) is 11.3 Å². The summed E-state index contributed by atoms with van der Waals surface area (Å²) >= 11 is 1.85. The number of benzene rings is 1. The Labute approximate surface area is 178 Å². The summed E-state index contributed by atoms with van der Waals surface area (Å²) in [6.07, 6.45) is 4.41. The summed E-state index contributed by atoms with van der Waals surface area (Å²) in [7, 11) is 0. The minimum Gasteiger partial charge on any atom is -0.492 e. The van der Waals surface area contributed by atoms with Crippen molar-refractivity contribution in [1.29, 1.82) is 0 Å². The van der Waals surface area contributed by atoms with Crippen LogP contribution in [0.5, 0.6) is 5.75 Å². The minimum atomic E-state index is 0.598. The average molecular weight is 413 g/mol. The van der Waals surface area contributed by atoms with Crippen molar-refractivity contribution in [2.45, 2.75) is 45.8 Å². The van der Waals surface area contributed by atoms with Gasteiger partial charge in [0.05, 0.1) is 25.4 Å². The van der Waals surface area contributed by atoms with Gasteiger partial charge in [0.25, 0.3) is 0 Å². The molecule has 3 heterocycles. The third-order valence-electron chi connectivity index (χ3n) is 5.95. The number of allylic oxidation sites excluding steroid dienone is 1. The van der Waals surface area contributed by atoms with E-state index in [1.807, 2.05) is 24.3 Å². The summed E-state index contributed by atoms with van der Waals surface area (Å²) in [6.45, 7) is 15.3. The number of hydrogen-bond donors (Lipinski definition) is 0. The SMILES string of the molecule is C=C1CCC(C)N1Cc1cnc(CN2CCN(c3ccccc3OCC)CC2)s1. The number of thiazole rings is 1. The number of nitrogens with zero attached hydrogens (tertiary/aromatic N) is 4. The predicted octanol–water partition coefficient (Wildman–Crippen LogP) is 4.36. The van der Waals surface area contributed by atoms with Crippen molar-refractivity contribution in [3.63, 3.8) is 0 Å². The maximum absolute atomic E-state index is 5.81. The van der Waals surface area contributed by atoms with E-state index in [4.69, 9.17) is 9.72 Å². The second-order valence-electron chi connectivity index (χ2n) is 7.97. The molecule has 1 atom stereocenters. The Morgan fingerprint density at radius 2 is 1.97 bits per heavy atom. The van der Waals surface area contributed by atoms with Gasteiger partial charge in [0.15, 0.2) is 0 Å². The van der Waals surface area contributed by atoms with Gasteiger partial charge in [-0.3, -0.25) is 4.90 Å². The van der Waals surface area contributed by atoms with E-state index >= 15 is 0 Å². The first kappa shape index (κ1) is 20.2. The molecule has 29 heavy (non-hydrogen) atoms. The van der Waals surface area contributed by atoms with Crippen molar-refractivity contribution in [2.75, 3.05) is 37.7 Å². The third-order valence-corrected chi connectivity index (χ3v) is 6.92. The van der Waals surface area contributed by atoms with E-state index < -0.39 is 0 Å². The number of likely N-dealkylation sites (tertiary alicyclic amines) is 1.